The monoisotopic (exact) mass is 246 g/mol. The highest BCUT2D eigenvalue weighted by Crippen LogP contribution is 2.18. The number of aromatic nitrogens is 2. The van der Waals surface area contributed by atoms with Crippen LogP contribution in [0.25, 0.3) is 11.0 Å². The second-order valence-electron chi connectivity index (χ2n) is 4.91. The molecule has 0 amide bonds. The molecule has 3 heteroatoms. The number of fused-ring (bicyclic) bond motifs is 1. The van der Waals surface area contributed by atoms with Crippen LogP contribution in [0.15, 0.2) is 24.3 Å². The second-order valence-corrected chi connectivity index (χ2v) is 4.91. The molecule has 98 valence electrons. The van der Waals surface area contributed by atoms with Crippen molar-refractivity contribution in [2.24, 2.45) is 0 Å². The molecule has 1 unspecified atom stereocenters. The van der Waals surface area contributed by atoms with Crippen LogP contribution < -0.4 is 0 Å². The van der Waals surface area contributed by atoms with E-state index in [0.29, 0.717) is 0 Å². The molecule has 1 aromatic carbocycles. The highest BCUT2D eigenvalue weighted by Gasteiger charge is 2.09. The van der Waals surface area contributed by atoms with Crippen molar-refractivity contribution in [2.45, 2.75) is 52.2 Å². The van der Waals surface area contributed by atoms with Crippen molar-refractivity contribution in [3.8, 4) is 0 Å². The number of aliphatic hydroxyl groups excluding tert-OH is 1. The van der Waals surface area contributed by atoms with Gasteiger partial charge in [-0.3, -0.25) is 0 Å². The van der Waals surface area contributed by atoms with Gasteiger partial charge in [0.15, 0.2) is 0 Å². The SMILES string of the molecule is CCCc1nc2ccccc2n1CCCC(C)O. The van der Waals surface area contributed by atoms with E-state index in [1.165, 1.54) is 11.3 Å². The summed E-state index contributed by atoms with van der Waals surface area (Å²) < 4.78 is 2.31. The highest BCUT2D eigenvalue weighted by molar-refractivity contribution is 5.75. The van der Waals surface area contributed by atoms with Gasteiger partial charge in [0.25, 0.3) is 0 Å². The fourth-order valence-corrected chi connectivity index (χ4v) is 2.33. The van der Waals surface area contributed by atoms with Gasteiger partial charge in [-0.2, -0.15) is 0 Å². The molecule has 1 heterocycles. The molecule has 0 fully saturated rings. The van der Waals surface area contributed by atoms with Gasteiger partial charge >= 0.3 is 0 Å². The topological polar surface area (TPSA) is 38.0 Å². The zero-order valence-electron chi connectivity index (χ0n) is 11.3. The van der Waals surface area contributed by atoms with E-state index in [1.807, 2.05) is 13.0 Å². The van der Waals surface area contributed by atoms with Crippen LogP contribution in [0.3, 0.4) is 0 Å². The van der Waals surface area contributed by atoms with E-state index in [1.54, 1.807) is 0 Å². The minimum atomic E-state index is -0.214. The minimum Gasteiger partial charge on any atom is -0.393 e. The zero-order valence-corrected chi connectivity index (χ0v) is 11.3. The van der Waals surface area contributed by atoms with Crippen molar-refractivity contribution in [3.63, 3.8) is 0 Å². The number of nitrogens with zero attached hydrogens (tertiary/aromatic N) is 2. The summed E-state index contributed by atoms with van der Waals surface area (Å²) in [6, 6.07) is 8.29. The number of aliphatic hydroxyl groups is 1. The first-order valence-electron chi connectivity index (χ1n) is 6.84. The molecule has 0 aliphatic carbocycles. The van der Waals surface area contributed by atoms with Gasteiger partial charge in [-0.25, -0.2) is 4.98 Å². The number of imidazole rings is 1. The molecule has 1 aromatic heterocycles. The van der Waals surface area contributed by atoms with Crippen LogP contribution in [0.2, 0.25) is 0 Å². The summed E-state index contributed by atoms with van der Waals surface area (Å²) >= 11 is 0. The van der Waals surface area contributed by atoms with Crippen molar-refractivity contribution in [3.05, 3.63) is 30.1 Å². The zero-order chi connectivity index (χ0) is 13.0. The number of benzene rings is 1. The fraction of sp³-hybridized carbons (Fsp3) is 0.533. The van der Waals surface area contributed by atoms with Crippen molar-refractivity contribution in [1.82, 2.24) is 9.55 Å². The summed E-state index contributed by atoms with van der Waals surface area (Å²) in [4.78, 5) is 4.70. The number of hydrogen-bond acceptors (Lipinski definition) is 2. The fourth-order valence-electron chi connectivity index (χ4n) is 2.33. The predicted octanol–water partition coefficient (Wildman–Crippen LogP) is 3.15. The van der Waals surface area contributed by atoms with E-state index >= 15 is 0 Å². The minimum absolute atomic E-state index is 0.214. The van der Waals surface area contributed by atoms with Gasteiger partial charge in [0.1, 0.15) is 5.82 Å². The maximum Gasteiger partial charge on any atom is 0.109 e. The lowest BCUT2D eigenvalue weighted by molar-refractivity contribution is 0.179. The average Bonchev–Trinajstić information content (AvgIpc) is 2.68. The average molecular weight is 246 g/mol. The molecule has 0 bridgehead atoms. The summed E-state index contributed by atoms with van der Waals surface area (Å²) in [5.41, 5.74) is 2.30. The molecule has 18 heavy (non-hydrogen) atoms. The van der Waals surface area contributed by atoms with E-state index in [2.05, 4.69) is 29.7 Å². The summed E-state index contributed by atoms with van der Waals surface area (Å²) in [6.07, 6.45) is 3.75. The van der Waals surface area contributed by atoms with E-state index < -0.39 is 0 Å². The second kappa shape index (κ2) is 6.01. The Bertz CT molecular complexity index is 502. The maximum absolute atomic E-state index is 9.34. The van der Waals surface area contributed by atoms with Crippen molar-refractivity contribution in [1.29, 1.82) is 0 Å². The Balaban J connectivity index is 2.24. The van der Waals surface area contributed by atoms with Crippen LogP contribution >= 0.6 is 0 Å². The third-order valence-corrected chi connectivity index (χ3v) is 3.21. The molecule has 2 aromatic rings. The Morgan fingerprint density at radius 3 is 2.83 bits per heavy atom. The summed E-state index contributed by atoms with van der Waals surface area (Å²) in [5.74, 6) is 1.17. The molecule has 0 aliphatic heterocycles. The van der Waals surface area contributed by atoms with E-state index in [-0.39, 0.29) is 6.10 Å². The third-order valence-electron chi connectivity index (χ3n) is 3.21. The molecule has 2 rings (SSSR count). The lowest BCUT2D eigenvalue weighted by Gasteiger charge is -2.09. The van der Waals surface area contributed by atoms with E-state index in [0.717, 1.165) is 37.7 Å². The highest BCUT2D eigenvalue weighted by atomic mass is 16.3. The first kappa shape index (κ1) is 13.1. The van der Waals surface area contributed by atoms with Crippen LogP contribution in [-0.4, -0.2) is 20.8 Å². The molecule has 0 aliphatic rings. The number of rotatable bonds is 6. The van der Waals surface area contributed by atoms with Gasteiger partial charge in [-0.15, -0.1) is 0 Å². The molecule has 1 N–H and O–H groups in total. The van der Waals surface area contributed by atoms with Gasteiger partial charge < -0.3 is 9.67 Å². The quantitative estimate of drug-likeness (QED) is 0.850. The van der Waals surface area contributed by atoms with Crippen LogP contribution in [0.5, 0.6) is 0 Å². The van der Waals surface area contributed by atoms with Gasteiger partial charge in [-0.05, 0) is 38.3 Å². The molecule has 0 spiro atoms. The molecular weight excluding hydrogens is 224 g/mol. The maximum atomic E-state index is 9.34. The van der Waals surface area contributed by atoms with E-state index in [9.17, 15) is 5.11 Å². The summed E-state index contributed by atoms with van der Waals surface area (Å²) in [7, 11) is 0. The number of para-hydroxylation sites is 2. The molecule has 0 saturated heterocycles. The van der Waals surface area contributed by atoms with E-state index in [4.69, 9.17) is 4.98 Å². The van der Waals surface area contributed by atoms with Crippen LogP contribution in [0.1, 0.15) is 38.9 Å². The summed E-state index contributed by atoms with van der Waals surface area (Å²) in [5, 5.41) is 9.34. The smallest absolute Gasteiger partial charge is 0.109 e. The van der Waals surface area contributed by atoms with Gasteiger partial charge in [0.05, 0.1) is 17.1 Å². The Kier molecular flexibility index (Phi) is 4.37. The van der Waals surface area contributed by atoms with Gasteiger partial charge in [0.2, 0.25) is 0 Å². The predicted molar refractivity (Wildman–Crippen MR) is 74.6 cm³/mol. The molecule has 1 atom stereocenters. The normalized spacial score (nSPS) is 13.1. The molecule has 3 nitrogen and oxygen atoms in total. The third kappa shape index (κ3) is 2.91. The molecule has 0 saturated carbocycles. The molecular formula is C15H22N2O. The Morgan fingerprint density at radius 2 is 2.11 bits per heavy atom. The Hall–Kier alpha value is -1.35. The lowest BCUT2D eigenvalue weighted by atomic mass is 10.2. The van der Waals surface area contributed by atoms with Crippen LogP contribution in [-0.2, 0) is 13.0 Å². The molecule has 0 radical (unpaired) electrons. The Morgan fingerprint density at radius 1 is 1.33 bits per heavy atom. The largest absolute Gasteiger partial charge is 0.393 e. The van der Waals surface area contributed by atoms with Crippen LogP contribution in [0, 0.1) is 0 Å². The van der Waals surface area contributed by atoms with Gasteiger partial charge in [0, 0.05) is 13.0 Å². The van der Waals surface area contributed by atoms with Gasteiger partial charge in [-0.1, -0.05) is 19.1 Å². The first-order chi connectivity index (χ1) is 8.72. The summed E-state index contributed by atoms with van der Waals surface area (Å²) in [6.45, 7) is 4.97. The number of aryl methyl sites for hydroxylation is 2. The van der Waals surface area contributed by atoms with Crippen molar-refractivity contribution in [2.75, 3.05) is 0 Å². The standard InChI is InChI=1S/C15H22N2O/c1-3-7-15-16-13-9-4-5-10-14(13)17(15)11-6-8-12(2)18/h4-5,9-10,12,18H,3,6-8,11H2,1-2H3. The lowest BCUT2D eigenvalue weighted by Crippen LogP contribution is -2.07. The number of hydrogen-bond donors (Lipinski definition) is 1. The first-order valence-corrected chi connectivity index (χ1v) is 6.84. The van der Waals surface area contributed by atoms with Crippen molar-refractivity contribution < 1.29 is 5.11 Å². The van der Waals surface area contributed by atoms with Crippen LogP contribution in [0.4, 0.5) is 0 Å². The Labute approximate surface area is 108 Å². The van der Waals surface area contributed by atoms with Crippen molar-refractivity contribution >= 4 is 11.0 Å².